The van der Waals surface area contributed by atoms with Crippen LogP contribution in [0.2, 0.25) is 0 Å². The van der Waals surface area contributed by atoms with Crippen LogP contribution in [0.25, 0.3) is 11.1 Å². The fourth-order valence-corrected chi connectivity index (χ4v) is 1.34. The minimum Gasteiger partial charge on any atom is -0.507 e. The van der Waals surface area contributed by atoms with Crippen molar-refractivity contribution in [2.24, 2.45) is 0 Å². The van der Waals surface area contributed by atoms with Crippen LogP contribution in [0.15, 0.2) is 36.4 Å². The first kappa shape index (κ1) is 9.65. The molecule has 0 aliphatic carbocycles. The Kier molecular flexibility index (Phi) is 2.37. The van der Waals surface area contributed by atoms with Crippen LogP contribution in [-0.4, -0.2) is 5.11 Å². The van der Waals surface area contributed by atoms with E-state index in [9.17, 15) is 13.9 Å². The van der Waals surface area contributed by atoms with E-state index in [0.29, 0.717) is 0 Å². The second-order valence-electron chi connectivity index (χ2n) is 3.03. The van der Waals surface area contributed by atoms with Gasteiger partial charge in [-0.1, -0.05) is 24.3 Å². The summed E-state index contributed by atoms with van der Waals surface area (Å²) < 4.78 is 26.3. The second kappa shape index (κ2) is 3.69. The summed E-state index contributed by atoms with van der Waals surface area (Å²) in [6, 6.07) is 11.0. The van der Waals surface area contributed by atoms with E-state index in [2.05, 4.69) is 6.07 Å². The number of hydrogen-bond acceptors (Lipinski definition) is 1. The average molecular weight is 205 g/mol. The van der Waals surface area contributed by atoms with Crippen LogP contribution in [0, 0.1) is 17.7 Å². The molecule has 0 aliphatic heterocycles. The molecule has 1 radical (unpaired) electrons. The van der Waals surface area contributed by atoms with Gasteiger partial charge in [0.1, 0.15) is 5.75 Å². The molecule has 75 valence electrons. The highest BCUT2D eigenvalue weighted by atomic mass is 19.2. The molecule has 0 atom stereocenters. The SMILES string of the molecule is Oc1ccc[c]c1-c1cccc(F)c1F. The van der Waals surface area contributed by atoms with Crippen LogP contribution in [0.5, 0.6) is 5.75 Å². The third kappa shape index (κ3) is 1.68. The van der Waals surface area contributed by atoms with E-state index in [0.717, 1.165) is 6.07 Å². The summed E-state index contributed by atoms with van der Waals surface area (Å²) in [7, 11) is 0. The Hall–Kier alpha value is -1.90. The first-order valence-electron chi connectivity index (χ1n) is 4.34. The molecule has 0 spiro atoms. The van der Waals surface area contributed by atoms with Crippen molar-refractivity contribution in [1.29, 1.82) is 0 Å². The van der Waals surface area contributed by atoms with Gasteiger partial charge in [-0.3, -0.25) is 0 Å². The Morgan fingerprint density at radius 1 is 1.07 bits per heavy atom. The van der Waals surface area contributed by atoms with Crippen molar-refractivity contribution in [3.63, 3.8) is 0 Å². The number of hydrogen-bond donors (Lipinski definition) is 1. The quantitative estimate of drug-likeness (QED) is 0.758. The topological polar surface area (TPSA) is 20.2 Å². The lowest BCUT2D eigenvalue weighted by molar-refractivity contribution is 0.475. The van der Waals surface area contributed by atoms with Crippen LogP contribution < -0.4 is 0 Å². The smallest absolute Gasteiger partial charge is 0.166 e. The van der Waals surface area contributed by atoms with Crippen molar-refractivity contribution in [3.8, 4) is 16.9 Å². The van der Waals surface area contributed by atoms with Crippen molar-refractivity contribution in [3.05, 3.63) is 54.1 Å². The first-order chi connectivity index (χ1) is 7.20. The molecule has 0 amide bonds. The van der Waals surface area contributed by atoms with Crippen LogP contribution in [0.1, 0.15) is 0 Å². The van der Waals surface area contributed by atoms with Gasteiger partial charge in [0.25, 0.3) is 0 Å². The van der Waals surface area contributed by atoms with Crippen molar-refractivity contribution in [1.82, 2.24) is 0 Å². The fourth-order valence-electron chi connectivity index (χ4n) is 1.34. The van der Waals surface area contributed by atoms with Gasteiger partial charge in [-0.15, -0.1) is 0 Å². The van der Waals surface area contributed by atoms with Gasteiger partial charge < -0.3 is 5.11 Å². The maximum atomic E-state index is 13.4. The number of aromatic hydroxyl groups is 1. The standard InChI is InChI=1S/C12H7F2O/c13-10-6-3-5-9(12(10)14)8-4-1-2-7-11(8)15/h1-3,5-7,15H. The van der Waals surface area contributed by atoms with Crippen LogP contribution >= 0.6 is 0 Å². The van der Waals surface area contributed by atoms with E-state index in [1.54, 1.807) is 6.07 Å². The fraction of sp³-hybridized carbons (Fsp3) is 0. The molecule has 0 saturated carbocycles. The number of benzene rings is 2. The lowest BCUT2D eigenvalue weighted by atomic mass is 10.0. The van der Waals surface area contributed by atoms with Crippen molar-refractivity contribution in [2.75, 3.05) is 0 Å². The predicted octanol–water partition coefficient (Wildman–Crippen LogP) is 3.14. The Bertz CT molecular complexity index is 495. The number of phenols is 1. The summed E-state index contributed by atoms with van der Waals surface area (Å²) in [5, 5.41) is 9.46. The molecular weight excluding hydrogens is 198 g/mol. The predicted molar refractivity (Wildman–Crippen MR) is 52.3 cm³/mol. The van der Waals surface area contributed by atoms with E-state index in [1.807, 2.05) is 0 Å². The number of rotatable bonds is 1. The average Bonchev–Trinajstić information content (AvgIpc) is 2.23. The summed E-state index contributed by atoms with van der Waals surface area (Å²) in [5.74, 6) is -2.04. The van der Waals surface area contributed by atoms with Gasteiger partial charge in [0.2, 0.25) is 0 Å². The molecule has 0 saturated heterocycles. The Labute approximate surface area is 85.6 Å². The third-order valence-corrected chi connectivity index (χ3v) is 2.06. The van der Waals surface area contributed by atoms with E-state index in [4.69, 9.17) is 0 Å². The normalized spacial score (nSPS) is 10.3. The van der Waals surface area contributed by atoms with E-state index < -0.39 is 11.6 Å². The molecular formula is C12H7F2O. The van der Waals surface area contributed by atoms with Crippen molar-refractivity contribution in [2.45, 2.75) is 0 Å². The molecule has 0 aliphatic rings. The van der Waals surface area contributed by atoms with E-state index >= 15 is 0 Å². The summed E-state index contributed by atoms with van der Waals surface area (Å²) in [4.78, 5) is 0. The van der Waals surface area contributed by atoms with Gasteiger partial charge in [-0.25, -0.2) is 8.78 Å². The van der Waals surface area contributed by atoms with Crippen molar-refractivity contribution >= 4 is 0 Å². The zero-order valence-corrected chi connectivity index (χ0v) is 7.67. The molecule has 1 nitrogen and oxygen atoms in total. The number of halogens is 2. The molecule has 2 rings (SSSR count). The molecule has 2 aromatic rings. The summed E-state index contributed by atoms with van der Waals surface area (Å²) in [5.41, 5.74) is 0.169. The zero-order chi connectivity index (χ0) is 10.8. The van der Waals surface area contributed by atoms with Gasteiger partial charge >= 0.3 is 0 Å². The zero-order valence-electron chi connectivity index (χ0n) is 7.67. The van der Waals surface area contributed by atoms with Gasteiger partial charge in [0.05, 0.1) is 0 Å². The lowest BCUT2D eigenvalue weighted by Crippen LogP contribution is -1.89. The summed E-state index contributed by atoms with van der Waals surface area (Å²) >= 11 is 0. The van der Waals surface area contributed by atoms with Gasteiger partial charge in [0.15, 0.2) is 11.6 Å². The second-order valence-corrected chi connectivity index (χ2v) is 3.03. The van der Waals surface area contributed by atoms with Gasteiger partial charge in [-0.2, -0.15) is 0 Å². The minimum atomic E-state index is -0.977. The Morgan fingerprint density at radius 2 is 1.87 bits per heavy atom. The third-order valence-electron chi connectivity index (χ3n) is 2.06. The highest BCUT2D eigenvalue weighted by Gasteiger charge is 2.12. The largest absolute Gasteiger partial charge is 0.507 e. The van der Waals surface area contributed by atoms with Crippen LogP contribution in [0.3, 0.4) is 0 Å². The summed E-state index contributed by atoms with van der Waals surface area (Å²) in [6.45, 7) is 0. The molecule has 2 aromatic carbocycles. The van der Waals surface area contributed by atoms with Gasteiger partial charge in [0, 0.05) is 11.1 Å². The highest BCUT2D eigenvalue weighted by Crippen LogP contribution is 2.30. The van der Waals surface area contributed by atoms with Crippen molar-refractivity contribution < 1.29 is 13.9 Å². The lowest BCUT2D eigenvalue weighted by Gasteiger charge is -2.05. The maximum Gasteiger partial charge on any atom is 0.166 e. The number of phenolic OH excluding ortho intramolecular Hbond substituents is 1. The molecule has 0 aromatic heterocycles. The molecule has 0 heterocycles. The Balaban J connectivity index is 2.65. The molecule has 15 heavy (non-hydrogen) atoms. The minimum absolute atomic E-state index is 0.00750. The van der Waals surface area contributed by atoms with Crippen LogP contribution in [0.4, 0.5) is 8.78 Å². The molecule has 3 heteroatoms. The molecule has 1 N–H and O–H groups in total. The van der Waals surface area contributed by atoms with E-state index in [-0.39, 0.29) is 16.9 Å². The first-order valence-corrected chi connectivity index (χ1v) is 4.34. The Morgan fingerprint density at radius 3 is 2.60 bits per heavy atom. The summed E-state index contributed by atoms with van der Waals surface area (Å²) in [6.07, 6.45) is 0. The van der Waals surface area contributed by atoms with Crippen LogP contribution in [-0.2, 0) is 0 Å². The molecule has 0 bridgehead atoms. The highest BCUT2D eigenvalue weighted by molar-refractivity contribution is 5.69. The monoisotopic (exact) mass is 205 g/mol. The molecule has 0 fully saturated rings. The maximum absolute atomic E-state index is 13.4. The molecule has 0 unspecified atom stereocenters. The van der Waals surface area contributed by atoms with Gasteiger partial charge in [-0.05, 0) is 18.2 Å². The van der Waals surface area contributed by atoms with E-state index in [1.165, 1.54) is 24.3 Å².